The van der Waals surface area contributed by atoms with Crippen molar-refractivity contribution in [1.82, 2.24) is 9.97 Å². The highest BCUT2D eigenvalue weighted by Gasteiger charge is 2.18. The monoisotopic (exact) mass is 430 g/mol. The van der Waals surface area contributed by atoms with Crippen LogP contribution in [0.5, 0.6) is 11.5 Å². The van der Waals surface area contributed by atoms with Crippen molar-refractivity contribution in [3.8, 4) is 11.5 Å². The number of nitrogens with zero attached hydrogens (tertiary/aromatic N) is 1. The maximum Gasteiger partial charge on any atom is 0.260 e. The summed E-state index contributed by atoms with van der Waals surface area (Å²) in [5, 5.41) is 0.774. The highest BCUT2D eigenvalue weighted by atomic mass is 32.1. The Kier molecular flexibility index (Phi) is 7.15. The Morgan fingerprint density at radius 1 is 1.23 bits per heavy atom. The standard InChI is InChI=1S/C23H31N3O3S/c1-7-14(2)10-18-15(3)30-23-21(18)22(27)24-20(25-23)13-26(4)12-16-8-9-17(28-5)11-19(16)29-6/h8-9,11,14H,7,10,12-13H2,1-6H3,(H,24,25,27)/p+1/t14-/m0/s1. The maximum atomic E-state index is 12.9. The Morgan fingerprint density at radius 2 is 2.00 bits per heavy atom. The fraction of sp³-hybridized carbons (Fsp3) is 0.478. The van der Waals surface area contributed by atoms with E-state index in [9.17, 15) is 4.79 Å². The molecule has 1 aromatic carbocycles. The van der Waals surface area contributed by atoms with Crippen molar-refractivity contribution < 1.29 is 14.4 Å². The molecule has 0 saturated heterocycles. The van der Waals surface area contributed by atoms with E-state index in [1.54, 1.807) is 25.6 Å². The summed E-state index contributed by atoms with van der Waals surface area (Å²) in [6, 6.07) is 5.84. The number of aromatic nitrogens is 2. The molecule has 0 bridgehead atoms. The Balaban J connectivity index is 1.82. The van der Waals surface area contributed by atoms with Gasteiger partial charge in [-0.25, -0.2) is 4.98 Å². The Labute approximate surface area is 181 Å². The lowest BCUT2D eigenvalue weighted by atomic mass is 9.98. The minimum absolute atomic E-state index is 0.0209. The number of rotatable bonds is 9. The molecule has 1 unspecified atom stereocenters. The van der Waals surface area contributed by atoms with Gasteiger partial charge in [-0.05, 0) is 37.0 Å². The van der Waals surface area contributed by atoms with E-state index in [4.69, 9.17) is 14.5 Å². The van der Waals surface area contributed by atoms with Crippen molar-refractivity contribution in [1.29, 1.82) is 0 Å². The smallest absolute Gasteiger partial charge is 0.260 e. The first-order chi connectivity index (χ1) is 14.4. The third-order valence-electron chi connectivity index (χ3n) is 5.62. The topological polar surface area (TPSA) is 68.7 Å². The molecule has 2 heterocycles. The van der Waals surface area contributed by atoms with E-state index in [0.29, 0.717) is 18.3 Å². The molecule has 30 heavy (non-hydrogen) atoms. The molecule has 6 nitrogen and oxygen atoms in total. The number of aromatic amines is 1. The average Bonchev–Trinajstić information content (AvgIpc) is 3.03. The van der Waals surface area contributed by atoms with Gasteiger partial charge in [0.1, 0.15) is 29.4 Å². The fourth-order valence-corrected chi connectivity index (χ4v) is 4.79. The molecule has 0 spiro atoms. The zero-order valence-corrected chi connectivity index (χ0v) is 19.5. The largest absolute Gasteiger partial charge is 0.497 e. The molecule has 0 aliphatic heterocycles. The number of hydrogen-bond donors (Lipinski definition) is 2. The molecule has 2 atom stereocenters. The van der Waals surface area contributed by atoms with Gasteiger partial charge in [-0.2, -0.15) is 0 Å². The van der Waals surface area contributed by atoms with Crippen molar-refractivity contribution in [3.63, 3.8) is 0 Å². The number of H-pyrrole nitrogens is 1. The van der Waals surface area contributed by atoms with Crippen LogP contribution >= 0.6 is 11.3 Å². The Bertz CT molecular complexity index is 1070. The quantitative estimate of drug-likeness (QED) is 0.547. The van der Waals surface area contributed by atoms with Gasteiger partial charge in [-0.15, -0.1) is 11.3 Å². The first-order valence-corrected chi connectivity index (χ1v) is 11.2. The van der Waals surface area contributed by atoms with E-state index in [1.165, 1.54) is 9.78 Å². The number of benzene rings is 1. The van der Waals surface area contributed by atoms with Gasteiger partial charge in [0.25, 0.3) is 5.56 Å². The summed E-state index contributed by atoms with van der Waals surface area (Å²) in [7, 11) is 5.39. The zero-order valence-electron chi connectivity index (χ0n) is 18.7. The lowest BCUT2D eigenvalue weighted by Gasteiger charge is -2.16. The minimum Gasteiger partial charge on any atom is -0.497 e. The van der Waals surface area contributed by atoms with Crippen LogP contribution in [0.2, 0.25) is 0 Å². The molecular formula is C23H32N3O3S+. The number of methoxy groups -OCH3 is 2. The van der Waals surface area contributed by atoms with Gasteiger partial charge >= 0.3 is 0 Å². The van der Waals surface area contributed by atoms with Crippen molar-refractivity contribution in [2.75, 3.05) is 21.3 Å². The summed E-state index contributed by atoms with van der Waals surface area (Å²) >= 11 is 1.63. The third kappa shape index (κ3) is 4.84. The molecule has 0 radical (unpaired) electrons. The molecule has 0 fully saturated rings. The van der Waals surface area contributed by atoms with Crippen LogP contribution in [-0.4, -0.2) is 31.2 Å². The molecule has 3 rings (SSSR count). The lowest BCUT2D eigenvalue weighted by molar-refractivity contribution is -0.908. The molecule has 0 saturated carbocycles. The molecule has 0 amide bonds. The van der Waals surface area contributed by atoms with Gasteiger partial charge in [0, 0.05) is 16.5 Å². The first-order valence-electron chi connectivity index (χ1n) is 10.4. The summed E-state index contributed by atoms with van der Waals surface area (Å²) in [6.45, 7) is 7.88. The molecule has 162 valence electrons. The van der Waals surface area contributed by atoms with Crippen LogP contribution in [0.25, 0.3) is 10.2 Å². The summed E-state index contributed by atoms with van der Waals surface area (Å²) in [6.07, 6.45) is 2.03. The maximum absolute atomic E-state index is 12.9. The molecule has 7 heteroatoms. The van der Waals surface area contributed by atoms with Crippen LogP contribution in [0, 0.1) is 12.8 Å². The van der Waals surface area contributed by atoms with Gasteiger partial charge in [0.05, 0.1) is 26.7 Å². The van der Waals surface area contributed by atoms with Crippen LogP contribution in [0.4, 0.5) is 0 Å². The van der Waals surface area contributed by atoms with E-state index in [-0.39, 0.29) is 5.56 Å². The zero-order chi connectivity index (χ0) is 21.8. The van der Waals surface area contributed by atoms with Crippen LogP contribution < -0.4 is 19.9 Å². The highest BCUT2D eigenvalue weighted by Crippen LogP contribution is 2.29. The number of thiophene rings is 1. The minimum atomic E-state index is -0.0209. The predicted molar refractivity (Wildman–Crippen MR) is 122 cm³/mol. The van der Waals surface area contributed by atoms with E-state index in [1.807, 2.05) is 18.2 Å². The number of aryl methyl sites for hydroxylation is 1. The second-order valence-electron chi connectivity index (χ2n) is 8.04. The normalized spacial score (nSPS) is 13.4. The van der Waals surface area contributed by atoms with Crippen molar-refractivity contribution in [3.05, 3.63) is 50.4 Å². The number of fused-ring (bicyclic) bond motifs is 1. The van der Waals surface area contributed by atoms with Crippen LogP contribution in [0.15, 0.2) is 23.0 Å². The van der Waals surface area contributed by atoms with Crippen molar-refractivity contribution in [2.45, 2.75) is 46.7 Å². The van der Waals surface area contributed by atoms with Crippen molar-refractivity contribution in [2.24, 2.45) is 5.92 Å². The molecule has 0 aliphatic carbocycles. The van der Waals surface area contributed by atoms with Crippen LogP contribution in [-0.2, 0) is 19.5 Å². The molecule has 3 aromatic rings. The number of ether oxygens (including phenoxy) is 2. The van der Waals surface area contributed by atoms with Crippen molar-refractivity contribution >= 4 is 21.6 Å². The van der Waals surface area contributed by atoms with E-state index < -0.39 is 0 Å². The second-order valence-corrected chi connectivity index (χ2v) is 9.24. The van der Waals surface area contributed by atoms with Gasteiger partial charge in [-0.1, -0.05) is 20.3 Å². The highest BCUT2D eigenvalue weighted by molar-refractivity contribution is 7.18. The SMILES string of the molecule is CC[C@H](C)Cc1c(C)sc2nc(C[NH+](C)Cc3ccc(OC)cc3OC)[nH]c(=O)c12. The number of hydrogen-bond acceptors (Lipinski definition) is 5. The second kappa shape index (κ2) is 9.62. The third-order valence-corrected chi connectivity index (χ3v) is 6.66. The summed E-state index contributed by atoms with van der Waals surface area (Å²) in [5.74, 6) is 2.84. The predicted octanol–water partition coefficient (Wildman–Crippen LogP) is 3.11. The summed E-state index contributed by atoms with van der Waals surface area (Å²) in [5.41, 5.74) is 2.22. The molecular weight excluding hydrogens is 398 g/mol. The van der Waals surface area contributed by atoms with E-state index in [2.05, 4.69) is 32.8 Å². The van der Waals surface area contributed by atoms with Gasteiger partial charge in [0.2, 0.25) is 0 Å². The Morgan fingerprint density at radius 3 is 2.67 bits per heavy atom. The number of quaternary nitrogens is 1. The fourth-order valence-electron chi connectivity index (χ4n) is 3.71. The molecule has 2 aromatic heterocycles. The molecule has 0 aliphatic rings. The average molecular weight is 431 g/mol. The number of nitrogens with one attached hydrogen (secondary N) is 2. The van der Waals surface area contributed by atoms with Gasteiger partial charge in [0.15, 0.2) is 5.82 Å². The van der Waals surface area contributed by atoms with E-state index >= 15 is 0 Å². The van der Waals surface area contributed by atoms with Crippen LogP contribution in [0.3, 0.4) is 0 Å². The lowest BCUT2D eigenvalue weighted by Crippen LogP contribution is -3.06. The van der Waals surface area contributed by atoms with Gasteiger partial charge in [-0.3, -0.25) is 4.79 Å². The van der Waals surface area contributed by atoms with Gasteiger partial charge < -0.3 is 19.4 Å². The van der Waals surface area contributed by atoms with E-state index in [0.717, 1.165) is 52.2 Å². The first kappa shape index (κ1) is 22.3. The Hall–Kier alpha value is -2.38. The summed E-state index contributed by atoms with van der Waals surface area (Å²) in [4.78, 5) is 23.9. The summed E-state index contributed by atoms with van der Waals surface area (Å²) < 4.78 is 10.8. The van der Waals surface area contributed by atoms with Crippen LogP contribution in [0.1, 0.15) is 42.1 Å². The molecule has 2 N–H and O–H groups in total.